The van der Waals surface area contributed by atoms with Gasteiger partial charge in [-0.15, -0.1) is 40.9 Å². The van der Waals surface area contributed by atoms with E-state index in [2.05, 4.69) is 22.6 Å². The number of rotatable bonds is 1. The largest absolute Gasteiger partial charge is 0.265 e. The van der Waals surface area contributed by atoms with Crippen molar-refractivity contribution < 1.29 is 0 Å². The smallest absolute Gasteiger partial charge is 0.147 e. The Kier molecular flexibility index (Phi) is 3.90. The Bertz CT molecular complexity index is 375. The van der Waals surface area contributed by atoms with Crippen LogP contribution in [0.5, 0.6) is 0 Å². The molecule has 0 aliphatic carbocycles. The molecule has 2 rings (SSSR count). The molecule has 0 radical (unpaired) electrons. The van der Waals surface area contributed by atoms with Gasteiger partial charge >= 0.3 is 0 Å². The Morgan fingerprint density at radius 1 is 1.23 bits per heavy atom. The third-order valence-corrected chi connectivity index (χ3v) is 2.53. The van der Waals surface area contributed by atoms with Crippen molar-refractivity contribution >= 4 is 40.9 Å². The third kappa shape index (κ3) is 2.52. The molecular weight excluding hydrogens is 268 g/mol. The summed E-state index contributed by atoms with van der Waals surface area (Å²) in [6.07, 6.45) is 3.51. The second-order valence-corrected chi connectivity index (χ2v) is 3.84. The van der Waals surface area contributed by atoms with Crippen LogP contribution in [0.4, 0.5) is 0 Å². The van der Waals surface area contributed by atoms with Gasteiger partial charge in [-0.05, 0) is 12.1 Å². The van der Waals surface area contributed by atoms with Crippen molar-refractivity contribution in [3.05, 3.63) is 29.9 Å². The standard InChI is InChI=1S/C8H6N2S2.BrH/c11-8-10-7(5-12-8)6-1-3-9-4-2-6;/h1-5H,(H,10,11);1H. The molecule has 0 spiro atoms. The lowest BCUT2D eigenvalue weighted by molar-refractivity contribution is 1.25. The predicted molar refractivity (Wildman–Crippen MR) is 62.9 cm³/mol. The van der Waals surface area contributed by atoms with Crippen LogP contribution in [-0.4, -0.2) is 9.97 Å². The average molecular weight is 275 g/mol. The molecule has 0 atom stereocenters. The second-order valence-electron chi connectivity index (χ2n) is 2.25. The fraction of sp³-hybridized carbons (Fsp3) is 0. The molecule has 5 heteroatoms. The summed E-state index contributed by atoms with van der Waals surface area (Å²) in [5.41, 5.74) is 2.05. The minimum absolute atomic E-state index is 0. The zero-order valence-electron chi connectivity index (χ0n) is 6.54. The molecular formula is C8H7BrN2S2. The van der Waals surface area contributed by atoms with Crippen LogP contribution in [-0.2, 0) is 0 Å². The molecule has 0 amide bonds. The SMILES string of the molecule is Br.Sc1nc(-c2ccncc2)cs1. The molecule has 0 N–H and O–H groups in total. The minimum Gasteiger partial charge on any atom is -0.265 e. The Morgan fingerprint density at radius 3 is 2.46 bits per heavy atom. The molecule has 0 saturated heterocycles. The highest BCUT2D eigenvalue weighted by Crippen LogP contribution is 2.22. The lowest BCUT2D eigenvalue weighted by atomic mass is 10.2. The summed E-state index contributed by atoms with van der Waals surface area (Å²) in [6, 6.07) is 3.87. The number of hydrogen-bond acceptors (Lipinski definition) is 4. The van der Waals surface area contributed by atoms with E-state index in [1.165, 1.54) is 11.3 Å². The van der Waals surface area contributed by atoms with Gasteiger partial charge in [-0.1, -0.05) is 0 Å². The van der Waals surface area contributed by atoms with Crippen molar-refractivity contribution in [2.75, 3.05) is 0 Å². The molecule has 2 nitrogen and oxygen atoms in total. The van der Waals surface area contributed by atoms with Crippen LogP contribution in [0.1, 0.15) is 0 Å². The van der Waals surface area contributed by atoms with Crippen LogP contribution in [0, 0.1) is 0 Å². The summed E-state index contributed by atoms with van der Waals surface area (Å²) in [7, 11) is 0. The van der Waals surface area contributed by atoms with Gasteiger partial charge in [0.2, 0.25) is 0 Å². The number of pyridine rings is 1. The monoisotopic (exact) mass is 274 g/mol. The second kappa shape index (κ2) is 4.74. The van der Waals surface area contributed by atoms with E-state index in [0.29, 0.717) is 0 Å². The summed E-state index contributed by atoms with van der Waals surface area (Å²) < 4.78 is 0.793. The lowest BCUT2D eigenvalue weighted by Crippen LogP contribution is -1.76. The maximum Gasteiger partial charge on any atom is 0.147 e. The first-order valence-electron chi connectivity index (χ1n) is 3.41. The Labute approximate surface area is 96.2 Å². The fourth-order valence-electron chi connectivity index (χ4n) is 0.920. The molecule has 0 aromatic carbocycles. The maximum atomic E-state index is 4.24. The van der Waals surface area contributed by atoms with Gasteiger partial charge in [-0.3, -0.25) is 4.98 Å². The molecule has 0 unspecified atom stereocenters. The molecule has 2 heterocycles. The summed E-state index contributed by atoms with van der Waals surface area (Å²) in [4.78, 5) is 8.17. The molecule has 0 fully saturated rings. The quantitative estimate of drug-likeness (QED) is 0.809. The number of hydrogen-bond donors (Lipinski definition) is 1. The molecule has 2 aromatic rings. The molecule has 0 bridgehead atoms. The summed E-state index contributed by atoms with van der Waals surface area (Å²) >= 11 is 5.68. The Morgan fingerprint density at radius 2 is 1.92 bits per heavy atom. The highest BCUT2D eigenvalue weighted by molar-refractivity contribution is 8.93. The van der Waals surface area contributed by atoms with Crippen LogP contribution in [0.25, 0.3) is 11.3 Å². The first-order chi connectivity index (χ1) is 5.86. The number of halogens is 1. The van der Waals surface area contributed by atoms with Crippen LogP contribution in [0.15, 0.2) is 34.2 Å². The van der Waals surface area contributed by atoms with E-state index < -0.39 is 0 Å². The van der Waals surface area contributed by atoms with E-state index in [9.17, 15) is 0 Å². The Balaban J connectivity index is 0.000000845. The van der Waals surface area contributed by atoms with Gasteiger partial charge in [0.25, 0.3) is 0 Å². The first-order valence-corrected chi connectivity index (χ1v) is 4.74. The van der Waals surface area contributed by atoms with Gasteiger partial charge < -0.3 is 0 Å². The third-order valence-electron chi connectivity index (χ3n) is 1.47. The minimum atomic E-state index is 0. The molecule has 0 saturated carbocycles. The maximum absolute atomic E-state index is 4.24. The van der Waals surface area contributed by atoms with Gasteiger partial charge in [0.15, 0.2) is 0 Å². The van der Waals surface area contributed by atoms with Gasteiger partial charge in [-0.2, -0.15) is 0 Å². The van der Waals surface area contributed by atoms with E-state index in [4.69, 9.17) is 0 Å². The van der Waals surface area contributed by atoms with E-state index in [0.717, 1.165) is 15.6 Å². The van der Waals surface area contributed by atoms with Crippen LogP contribution in [0.3, 0.4) is 0 Å². The van der Waals surface area contributed by atoms with Crippen LogP contribution in [0.2, 0.25) is 0 Å². The molecule has 0 aliphatic heterocycles. The molecule has 0 aliphatic rings. The number of thiazole rings is 1. The van der Waals surface area contributed by atoms with Crippen LogP contribution < -0.4 is 0 Å². The average Bonchev–Trinajstić information content (AvgIpc) is 2.54. The zero-order chi connectivity index (χ0) is 8.39. The number of nitrogens with zero attached hydrogens (tertiary/aromatic N) is 2. The van der Waals surface area contributed by atoms with Gasteiger partial charge in [0.1, 0.15) is 4.34 Å². The predicted octanol–water partition coefficient (Wildman–Crippen LogP) is 3.07. The zero-order valence-corrected chi connectivity index (χ0v) is 9.97. The van der Waals surface area contributed by atoms with E-state index in [-0.39, 0.29) is 17.0 Å². The van der Waals surface area contributed by atoms with Crippen molar-refractivity contribution in [1.29, 1.82) is 0 Å². The summed E-state index contributed by atoms with van der Waals surface area (Å²) in [5.74, 6) is 0. The topological polar surface area (TPSA) is 25.8 Å². The number of aromatic nitrogens is 2. The fourth-order valence-corrected chi connectivity index (χ4v) is 1.74. The van der Waals surface area contributed by atoms with Crippen molar-refractivity contribution in [2.45, 2.75) is 4.34 Å². The Hall–Kier alpha value is -0.390. The summed E-state index contributed by atoms with van der Waals surface area (Å²) in [6.45, 7) is 0. The highest BCUT2D eigenvalue weighted by Gasteiger charge is 1.99. The van der Waals surface area contributed by atoms with Crippen LogP contribution >= 0.6 is 40.9 Å². The van der Waals surface area contributed by atoms with E-state index in [1.807, 2.05) is 17.5 Å². The van der Waals surface area contributed by atoms with Crippen molar-refractivity contribution in [3.8, 4) is 11.3 Å². The van der Waals surface area contributed by atoms with Crippen molar-refractivity contribution in [3.63, 3.8) is 0 Å². The first kappa shape index (κ1) is 10.7. The molecule has 68 valence electrons. The van der Waals surface area contributed by atoms with Crippen molar-refractivity contribution in [1.82, 2.24) is 9.97 Å². The number of thiol groups is 1. The highest BCUT2D eigenvalue weighted by atomic mass is 79.9. The normalized spacial score (nSPS) is 9.31. The van der Waals surface area contributed by atoms with Gasteiger partial charge in [0, 0.05) is 23.3 Å². The van der Waals surface area contributed by atoms with Gasteiger partial charge in [0.05, 0.1) is 5.69 Å². The lowest BCUT2D eigenvalue weighted by Gasteiger charge is -1.92. The van der Waals surface area contributed by atoms with Crippen molar-refractivity contribution in [2.24, 2.45) is 0 Å². The van der Waals surface area contributed by atoms with E-state index in [1.54, 1.807) is 12.4 Å². The van der Waals surface area contributed by atoms with E-state index >= 15 is 0 Å². The molecule has 13 heavy (non-hydrogen) atoms. The summed E-state index contributed by atoms with van der Waals surface area (Å²) in [5, 5.41) is 1.98. The van der Waals surface area contributed by atoms with Gasteiger partial charge in [-0.25, -0.2) is 4.98 Å². The molecule has 2 aromatic heterocycles.